The third-order valence-corrected chi connectivity index (χ3v) is 7.93. The molecule has 2 aromatic carbocycles. The van der Waals surface area contributed by atoms with Gasteiger partial charge < -0.3 is 9.64 Å². The van der Waals surface area contributed by atoms with E-state index in [9.17, 15) is 14.0 Å². The molecule has 178 valence electrons. The number of aromatic nitrogens is 1. The Kier molecular flexibility index (Phi) is 5.39. The molecule has 2 fully saturated rings. The minimum atomic E-state index is -0.441. The number of carbonyl (C=O) groups is 2. The largest absolute Gasteiger partial charge is 0.448 e. The zero-order chi connectivity index (χ0) is 24.1. The van der Waals surface area contributed by atoms with Crippen LogP contribution in [0.4, 0.5) is 9.18 Å². The zero-order valence-electron chi connectivity index (χ0n) is 19.6. The van der Waals surface area contributed by atoms with Gasteiger partial charge in [0.25, 0.3) is 0 Å². The SMILES string of the molecule is Cc1cc(F)cnc1C(=O)C1CC2CCC(C1)N2C(=O)OCC1c2ccccc2-c2ccccc21. The number of piperidine rings is 1. The quantitative estimate of drug-likeness (QED) is 0.445. The smallest absolute Gasteiger partial charge is 0.410 e. The van der Waals surface area contributed by atoms with E-state index in [1.54, 1.807) is 6.92 Å². The summed E-state index contributed by atoms with van der Waals surface area (Å²) >= 11 is 0. The Morgan fingerprint density at radius 2 is 1.60 bits per heavy atom. The van der Waals surface area contributed by atoms with Gasteiger partial charge in [-0.3, -0.25) is 4.79 Å². The van der Waals surface area contributed by atoms with Crippen LogP contribution in [-0.2, 0) is 4.74 Å². The van der Waals surface area contributed by atoms with Gasteiger partial charge in [0.15, 0.2) is 5.78 Å². The summed E-state index contributed by atoms with van der Waals surface area (Å²) in [7, 11) is 0. The highest BCUT2D eigenvalue weighted by Gasteiger charge is 2.46. The lowest BCUT2D eigenvalue weighted by Gasteiger charge is -2.37. The Hall–Kier alpha value is -3.54. The topological polar surface area (TPSA) is 59.5 Å². The van der Waals surface area contributed by atoms with Crippen LogP contribution >= 0.6 is 0 Å². The molecule has 2 atom stereocenters. The van der Waals surface area contributed by atoms with Crippen molar-refractivity contribution in [2.24, 2.45) is 5.92 Å². The second kappa shape index (κ2) is 8.59. The van der Waals surface area contributed by atoms with Gasteiger partial charge in [-0.2, -0.15) is 0 Å². The Morgan fingerprint density at radius 3 is 2.20 bits per heavy atom. The molecule has 1 aliphatic carbocycles. The molecule has 35 heavy (non-hydrogen) atoms. The summed E-state index contributed by atoms with van der Waals surface area (Å²) < 4.78 is 19.4. The number of benzene rings is 2. The fourth-order valence-corrected chi connectivity index (χ4v) is 6.35. The average Bonchev–Trinajstić information content (AvgIpc) is 3.33. The first-order valence-electron chi connectivity index (χ1n) is 12.3. The molecule has 2 aliphatic heterocycles. The summed E-state index contributed by atoms with van der Waals surface area (Å²) in [6.07, 6.45) is 3.74. The Labute approximate surface area is 203 Å². The molecule has 0 spiro atoms. The van der Waals surface area contributed by atoms with Gasteiger partial charge in [-0.1, -0.05) is 48.5 Å². The fraction of sp³-hybridized carbons (Fsp3) is 0.345. The molecule has 5 nitrogen and oxygen atoms in total. The van der Waals surface area contributed by atoms with E-state index < -0.39 is 5.82 Å². The van der Waals surface area contributed by atoms with Crippen molar-refractivity contribution in [2.45, 2.75) is 50.6 Å². The van der Waals surface area contributed by atoms with Crippen molar-refractivity contribution in [2.75, 3.05) is 6.61 Å². The van der Waals surface area contributed by atoms with Gasteiger partial charge in [0.1, 0.15) is 18.1 Å². The van der Waals surface area contributed by atoms with Crippen molar-refractivity contribution in [3.63, 3.8) is 0 Å². The number of pyridine rings is 1. The van der Waals surface area contributed by atoms with E-state index in [-0.39, 0.29) is 35.8 Å². The third kappa shape index (κ3) is 3.72. The van der Waals surface area contributed by atoms with Crippen LogP contribution in [0.15, 0.2) is 60.8 Å². The van der Waals surface area contributed by atoms with Gasteiger partial charge in [-0.15, -0.1) is 0 Å². The summed E-state index contributed by atoms with van der Waals surface area (Å²) in [5, 5.41) is 0. The highest BCUT2D eigenvalue weighted by molar-refractivity contribution is 5.97. The van der Waals surface area contributed by atoms with Crippen molar-refractivity contribution >= 4 is 11.9 Å². The second-order valence-corrected chi connectivity index (χ2v) is 9.95. The van der Waals surface area contributed by atoms with Crippen LogP contribution in [0.25, 0.3) is 11.1 Å². The molecule has 2 unspecified atom stereocenters. The van der Waals surface area contributed by atoms with Crippen molar-refractivity contribution < 1.29 is 18.7 Å². The monoisotopic (exact) mass is 470 g/mol. The van der Waals surface area contributed by atoms with Crippen LogP contribution in [0, 0.1) is 18.7 Å². The molecule has 6 rings (SSSR count). The first-order valence-corrected chi connectivity index (χ1v) is 12.3. The minimum Gasteiger partial charge on any atom is -0.448 e. The van der Waals surface area contributed by atoms with Gasteiger partial charge in [0.05, 0.1) is 6.20 Å². The zero-order valence-corrected chi connectivity index (χ0v) is 19.6. The highest BCUT2D eigenvalue weighted by Crippen LogP contribution is 2.45. The molecule has 2 saturated heterocycles. The molecule has 3 aromatic rings. The predicted octanol–water partition coefficient (Wildman–Crippen LogP) is 5.90. The van der Waals surface area contributed by atoms with Crippen LogP contribution in [0.3, 0.4) is 0 Å². The summed E-state index contributed by atoms with van der Waals surface area (Å²) in [5.74, 6) is -0.673. The van der Waals surface area contributed by atoms with Crippen molar-refractivity contribution in [3.05, 3.63) is 89.0 Å². The summed E-state index contributed by atoms with van der Waals surface area (Å²) in [6.45, 7) is 2.01. The van der Waals surface area contributed by atoms with E-state index in [4.69, 9.17) is 4.74 Å². The van der Waals surface area contributed by atoms with E-state index in [1.807, 2.05) is 29.2 Å². The molecular formula is C29H27FN2O3. The summed E-state index contributed by atoms with van der Waals surface area (Å²) in [5.41, 5.74) is 5.68. The van der Waals surface area contributed by atoms with Crippen LogP contribution in [-0.4, -0.2) is 40.5 Å². The van der Waals surface area contributed by atoms with E-state index in [0.717, 1.165) is 19.0 Å². The van der Waals surface area contributed by atoms with Crippen LogP contribution in [0.1, 0.15) is 58.8 Å². The Morgan fingerprint density at radius 1 is 1.00 bits per heavy atom. The number of hydrogen-bond acceptors (Lipinski definition) is 4. The first kappa shape index (κ1) is 22.0. The van der Waals surface area contributed by atoms with Crippen molar-refractivity contribution in [1.29, 1.82) is 0 Å². The number of carbonyl (C=O) groups excluding carboxylic acids is 2. The number of rotatable bonds is 4. The summed E-state index contributed by atoms with van der Waals surface area (Å²) in [4.78, 5) is 32.3. The number of ether oxygens (including phenoxy) is 1. The molecule has 1 amide bonds. The highest BCUT2D eigenvalue weighted by atomic mass is 19.1. The van der Waals surface area contributed by atoms with Crippen LogP contribution < -0.4 is 0 Å². The molecule has 0 N–H and O–H groups in total. The van der Waals surface area contributed by atoms with Gasteiger partial charge in [-0.25, -0.2) is 14.2 Å². The predicted molar refractivity (Wildman–Crippen MR) is 130 cm³/mol. The van der Waals surface area contributed by atoms with Crippen molar-refractivity contribution in [1.82, 2.24) is 9.88 Å². The molecule has 0 saturated carbocycles. The number of fused-ring (bicyclic) bond motifs is 5. The second-order valence-electron chi connectivity index (χ2n) is 9.95. The fourth-order valence-electron chi connectivity index (χ4n) is 6.35. The maximum Gasteiger partial charge on any atom is 0.410 e. The average molecular weight is 471 g/mol. The van der Waals surface area contributed by atoms with E-state index in [0.29, 0.717) is 30.7 Å². The minimum absolute atomic E-state index is 0.0147. The molecule has 2 bridgehead atoms. The van der Waals surface area contributed by atoms with E-state index in [2.05, 4.69) is 29.2 Å². The number of aryl methyl sites for hydroxylation is 1. The molecular weight excluding hydrogens is 443 g/mol. The van der Waals surface area contributed by atoms with E-state index in [1.165, 1.54) is 28.3 Å². The molecule has 0 radical (unpaired) electrons. The van der Waals surface area contributed by atoms with Gasteiger partial charge in [-0.05, 0) is 66.5 Å². The Balaban J connectivity index is 1.15. The molecule has 3 heterocycles. The number of halogens is 1. The number of nitrogens with zero attached hydrogens (tertiary/aromatic N) is 2. The maximum absolute atomic E-state index is 13.4. The number of hydrogen-bond donors (Lipinski definition) is 0. The molecule has 1 aromatic heterocycles. The van der Waals surface area contributed by atoms with Crippen LogP contribution in [0.2, 0.25) is 0 Å². The van der Waals surface area contributed by atoms with Gasteiger partial charge in [0.2, 0.25) is 0 Å². The summed E-state index contributed by atoms with van der Waals surface area (Å²) in [6, 6.07) is 17.9. The lowest BCUT2D eigenvalue weighted by Crippen LogP contribution is -2.48. The number of amides is 1. The lowest BCUT2D eigenvalue weighted by molar-refractivity contribution is 0.0504. The van der Waals surface area contributed by atoms with Gasteiger partial charge >= 0.3 is 6.09 Å². The Bertz CT molecular complexity index is 1260. The number of ketones is 1. The molecule has 3 aliphatic rings. The standard InChI is InChI=1S/C29H27FN2O3/c1-17-12-19(30)15-31-27(17)28(33)18-13-20-10-11-21(14-18)32(20)29(34)35-16-26-24-8-4-2-6-22(24)23-7-3-5-9-25(23)26/h2-9,12,15,18,20-21,26H,10-11,13-14,16H2,1H3. The number of Topliss-reactive ketones (excluding diaryl/α,β-unsaturated/α-hetero) is 1. The van der Waals surface area contributed by atoms with Gasteiger partial charge in [0, 0.05) is 23.9 Å². The third-order valence-electron chi connectivity index (χ3n) is 7.93. The normalized spacial score (nSPS) is 22.6. The maximum atomic E-state index is 13.4. The lowest BCUT2D eigenvalue weighted by atomic mass is 9.85. The van der Waals surface area contributed by atoms with E-state index >= 15 is 0 Å². The van der Waals surface area contributed by atoms with Crippen LogP contribution in [0.5, 0.6) is 0 Å². The van der Waals surface area contributed by atoms with Crippen molar-refractivity contribution in [3.8, 4) is 11.1 Å². The first-order chi connectivity index (χ1) is 17.0. The molecule has 6 heteroatoms.